The van der Waals surface area contributed by atoms with Crippen molar-refractivity contribution in [1.29, 1.82) is 0 Å². The van der Waals surface area contributed by atoms with Crippen molar-refractivity contribution in [2.75, 3.05) is 0 Å². The number of hydrogen-bond donors (Lipinski definition) is 0. The van der Waals surface area contributed by atoms with Gasteiger partial charge in [0, 0.05) is 26.1 Å². The summed E-state index contributed by atoms with van der Waals surface area (Å²) in [6.07, 6.45) is 0. The fourth-order valence-corrected chi connectivity index (χ4v) is 4.10. The van der Waals surface area contributed by atoms with Gasteiger partial charge in [0.15, 0.2) is 0 Å². The molecular weight excluding hydrogens is 272 g/mol. The van der Waals surface area contributed by atoms with Gasteiger partial charge in [-0.3, -0.25) is 0 Å². The molecule has 0 spiro atoms. The van der Waals surface area contributed by atoms with Crippen LogP contribution in [-0.4, -0.2) is 0 Å². The van der Waals surface area contributed by atoms with E-state index < -0.39 is 0 Å². The lowest BCUT2D eigenvalue weighted by Crippen LogP contribution is -1.94. The van der Waals surface area contributed by atoms with Crippen molar-refractivity contribution >= 4 is 31.5 Å². The van der Waals surface area contributed by atoms with E-state index >= 15 is 0 Å². The van der Waals surface area contributed by atoms with Gasteiger partial charge in [-0.2, -0.15) is 0 Å². The highest BCUT2D eigenvalue weighted by molar-refractivity contribution is 7.25. The topological polar surface area (TPSA) is 0 Å². The fraction of sp³-hybridized carbons (Fsp3) is 0.100. The standard InChI is InChI=1S/C20H16S/c1-14(15-7-3-2-4-8-15)16-11-12-18-17-9-5-6-10-19(17)21-20(18)13-16/h2-14H,1H3. The molecule has 102 valence electrons. The van der Waals surface area contributed by atoms with Gasteiger partial charge in [-0.15, -0.1) is 11.3 Å². The maximum Gasteiger partial charge on any atom is 0.0358 e. The van der Waals surface area contributed by atoms with Gasteiger partial charge >= 0.3 is 0 Å². The van der Waals surface area contributed by atoms with Crippen LogP contribution >= 0.6 is 11.3 Å². The molecule has 0 aliphatic carbocycles. The second kappa shape index (κ2) is 5.01. The van der Waals surface area contributed by atoms with E-state index in [-0.39, 0.29) is 0 Å². The van der Waals surface area contributed by atoms with Crippen LogP contribution in [0.1, 0.15) is 24.0 Å². The molecule has 0 fully saturated rings. The maximum absolute atomic E-state index is 2.36. The first-order valence-corrected chi connectivity index (χ1v) is 8.11. The minimum absolute atomic E-state index is 0.431. The molecule has 4 aromatic rings. The largest absolute Gasteiger partial charge is 0.135 e. The Hall–Kier alpha value is -2.12. The molecule has 1 heterocycles. The van der Waals surface area contributed by atoms with E-state index in [4.69, 9.17) is 0 Å². The molecule has 0 saturated carbocycles. The molecule has 0 amide bonds. The summed E-state index contributed by atoms with van der Waals surface area (Å²) in [5.74, 6) is 0.431. The third-order valence-electron chi connectivity index (χ3n) is 4.20. The van der Waals surface area contributed by atoms with Crippen LogP contribution in [0.25, 0.3) is 20.2 Å². The van der Waals surface area contributed by atoms with Crippen molar-refractivity contribution in [2.45, 2.75) is 12.8 Å². The van der Waals surface area contributed by atoms with Crippen LogP contribution in [-0.2, 0) is 0 Å². The lowest BCUT2D eigenvalue weighted by Gasteiger charge is -2.12. The normalized spacial score (nSPS) is 12.8. The number of benzene rings is 3. The van der Waals surface area contributed by atoms with Gasteiger partial charge < -0.3 is 0 Å². The minimum Gasteiger partial charge on any atom is -0.135 e. The van der Waals surface area contributed by atoms with E-state index in [9.17, 15) is 0 Å². The van der Waals surface area contributed by atoms with Crippen LogP contribution in [0.3, 0.4) is 0 Å². The molecule has 0 aliphatic rings. The van der Waals surface area contributed by atoms with Gasteiger partial charge in [-0.25, -0.2) is 0 Å². The third-order valence-corrected chi connectivity index (χ3v) is 5.34. The Labute approximate surface area is 128 Å². The Kier molecular flexibility index (Phi) is 3.01. The predicted molar refractivity (Wildman–Crippen MR) is 93.3 cm³/mol. The molecular formula is C20H16S. The molecule has 0 N–H and O–H groups in total. The average Bonchev–Trinajstić information content (AvgIpc) is 2.92. The van der Waals surface area contributed by atoms with Crippen molar-refractivity contribution < 1.29 is 0 Å². The molecule has 1 heteroatoms. The molecule has 1 atom stereocenters. The van der Waals surface area contributed by atoms with Crippen LogP contribution in [0.5, 0.6) is 0 Å². The van der Waals surface area contributed by atoms with Gasteiger partial charge in [0.05, 0.1) is 0 Å². The number of rotatable bonds is 2. The first-order chi connectivity index (χ1) is 10.3. The quantitative estimate of drug-likeness (QED) is 0.411. The van der Waals surface area contributed by atoms with Crippen molar-refractivity contribution in [2.24, 2.45) is 0 Å². The van der Waals surface area contributed by atoms with Crippen LogP contribution in [0.2, 0.25) is 0 Å². The van der Waals surface area contributed by atoms with Gasteiger partial charge in [-0.1, -0.05) is 67.6 Å². The van der Waals surface area contributed by atoms with Crippen LogP contribution in [0.4, 0.5) is 0 Å². The molecule has 0 saturated heterocycles. The summed E-state index contributed by atoms with van der Waals surface area (Å²) < 4.78 is 2.76. The highest BCUT2D eigenvalue weighted by atomic mass is 32.1. The van der Waals surface area contributed by atoms with Gasteiger partial charge in [0.25, 0.3) is 0 Å². The van der Waals surface area contributed by atoms with Crippen molar-refractivity contribution in [1.82, 2.24) is 0 Å². The Morgan fingerprint density at radius 3 is 2.24 bits per heavy atom. The van der Waals surface area contributed by atoms with Gasteiger partial charge in [0.1, 0.15) is 0 Å². The molecule has 4 rings (SSSR count). The van der Waals surface area contributed by atoms with Crippen molar-refractivity contribution in [3.05, 3.63) is 83.9 Å². The Balaban J connectivity index is 1.85. The van der Waals surface area contributed by atoms with E-state index in [0.717, 1.165) is 0 Å². The average molecular weight is 288 g/mol. The van der Waals surface area contributed by atoms with Crippen LogP contribution < -0.4 is 0 Å². The Bertz CT molecular complexity index is 903. The van der Waals surface area contributed by atoms with Gasteiger partial charge in [0.2, 0.25) is 0 Å². The monoisotopic (exact) mass is 288 g/mol. The maximum atomic E-state index is 2.36. The highest BCUT2D eigenvalue weighted by Gasteiger charge is 2.10. The zero-order valence-electron chi connectivity index (χ0n) is 11.9. The summed E-state index contributed by atoms with van der Waals surface area (Å²) in [6, 6.07) is 26.3. The Morgan fingerprint density at radius 2 is 1.38 bits per heavy atom. The lowest BCUT2D eigenvalue weighted by molar-refractivity contribution is 0.925. The number of thiophene rings is 1. The van der Waals surface area contributed by atoms with Crippen LogP contribution in [0.15, 0.2) is 72.8 Å². The summed E-state index contributed by atoms with van der Waals surface area (Å²) in [5, 5.41) is 2.75. The number of hydrogen-bond acceptors (Lipinski definition) is 1. The zero-order valence-corrected chi connectivity index (χ0v) is 12.7. The third kappa shape index (κ3) is 2.14. The van der Waals surface area contributed by atoms with Crippen molar-refractivity contribution in [3.8, 4) is 0 Å². The number of fused-ring (bicyclic) bond motifs is 3. The first-order valence-electron chi connectivity index (χ1n) is 7.29. The SMILES string of the molecule is CC(c1ccccc1)c1ccc2c(c1)sc1ccccc12. The van der Waals surface area contributed by atoms with Crippen molar-refractivity contribution in [3.63, 3.8) is 0 Å². The molecule has 0 bridgehead atoms. The van der Waals surface area contributed by atoms with Gasteiger partial charge in [-0.05, 0) is 23.3 Å². The predicted octanol–water partition coefficient (Wildman–Crippen LogP) is 6.21. The van der Waals surface area contributed by atoms with E-state index in [1.165, 1.54) is 31.3 Å². The molecule has 0 aliphatic heterocycles. The van der Waals surface area contributed by atoms with Crippen LogP contribution in [0, 0.1) is 0 Å². The Morgan fingerprint density at radius 1 is 0.667 bits per heavy atom. The summed E-state index contributed by atoms with van der Waals surface area (Å²) >= 11 is 1.89. The summed E-state index contributed by atoms with van der Waals surface area (Å²) in [5.41, 5.74) is 2.76. The minimum atomic E-state index is 0.431. The smallest absolute Gasteiger partial charge is 0.0358 e. The first kappa shape index (κ1) is 12.6. The molecule has 3 aromatic carbocycles. The second-order valence-corrected chi connectivity index (χ2v) is 6.57. The van der Waals surface area contributed by atoms with E-state index in [2.05, 4.69) is 79.7 Å². The molecule has 21 heavy (non-hydrogen) atoms. The lowest BCUT2D eigenvalue weighted by atomic mass is 9.93. The second-order valence-electron chi connectivity index (χ2n) is 5.49. The molecule has 0 radical (unpaired) electrons. The summed E-state index contributed by atoms with van der Waals surface area (Å²) in [4.78, 5) is 0. The summed E-state index contributed by atoms with van der Waals surface area (Å²) in [7, 11) is 0. The molecule has 1 aromatic heterocycles. The van der Waals surface area contributed by atoms with E-state index in [1.54, 1.807) is 0 Å². The highest BCUT2D eigenvalue weighted by Crippen LogP contribution is 2.36. The molecule has 0 nitrogen and oxygen atoms in total. The molecule has 1 unspecified atom stereocenters. The van der Waals surface area contributed by atoms with E-state index in [1.807, 2.05) is 11.3 Å². The zero-order chi connectivity index (χ0) is 14.2. The van der Waals surface area contributed by atoms with E-state index in [0.29, 0.717) is 5.92 Å². The summed E-state index contributed by atoms with van der Waals surface area (Å²) in [6.45, 7) is 2.28. The fourth-order valence-electron chi connectivity index (χ4n) is 2.95.